The van der Waals surface area contributed by atoms with Crippen molar-refractivity contribution in [3.05, 3.63) is 102 Å². The molecule has 0 atom stereocenters. The highest BCUT2D eigenvalue weighted by Crippen LogP contribution is 2.22. The Morgan fingerprint density at radius 1 is 0.750 bits per heavy atom. The maximum Gasteiger partial charge on any atom is 0.120 e. The maximum absolute atomic E-state index is 6.08. The monoisotopic (exact) mass is 369 g/mol. The van der Waals surface area contributed by atoms with Gasteiger partial charge in [0.1, 0.15) is 18.1 Å². The standard InChI is InChI=1S/C25H23NO2/c1-27-23-14-12-22(13-15-23)26-17-19-6-4-10-24(16-19)28-18-21-9-5-8-20-7-2-3-11-25(20)21/h2-16,26H,17-18H2,1H3. The number of nitrogens with one attached hydrogen (secondary N) is 1. The molecule has 0 aliphatic carbocycles. The zero-order valence-corrected chi connectivity index (χ0v) is 15.9. The molecular formula is C25H23NO2. The van der Waals surface area contributed by atoms with E-state index in [0.29, 0.717) is 6.61 Å². The van der Waals surface area contributed by atoms with Crippen molar-refractivity contribution in [1.29, 1.82) is 0 Å². The molecule has 0 saturated carbocycles. The molecule has 4 aromatic carbocycles. The van der Waals surface area contributed by atoms with Crippen molar-refractivity contribution >= 4 is 16.5 Å². The van der Waals surface area contributed by atoms with Crippen LogP contribution >= 0.6 is 0 Å². The summed E-state index contributed by atoms with van der Waals surface area (Å²) >= 11 is 0. The summed E-state index contributed by atoms with van der Waals surface area (Å²) in [5, 5.41) is 5.90. The molecule has 3 heteroatoms. The molecule has 1 N–H and O–H groups in total. The maximum atomic E-state index is 6.08. The second-order valence-corrected chi connectivity index (χ2v) is 6.66. The normalized spacial score (nSPS) is 10.6. The van der Waals surface area contributed by atoms with Gasteiger partial charge in [0.25, 0.3) is 0 Å². The highest BCUT2D eigenvalue weighted by atomic mass is 16.5. The highest BCUT2D eigenvalue weighted by molar-refractivity contribution is 5.85. The van der Waals surface area contributed by atoms with Crippen LogP contribution in [0, 0.1) is 0 Å². The second kappa shape index (κ2) is 8.49. The Morgan fingerprint density at radius 2 is 1.54 bits per heavy atom. The Balaban J connectivity index is 1.40. The van der Waals surface area contributed by atoms with Crippen LogP contribution in [0.1, 0.15) is 11.1 Å². The predicted molar refractivity (Wildman–Crippen MR) is 115 cm³/mol. The SMILES string of the molecule is COc1ccc(NCc2cccc(OCc3cccc4ccccc34)c2)cc1. The lowest BCUT2D eigenvalue weighted by Crippen LogP contribution is -2.01. The number of fused-ring (bicyclic) bond motifs is 1. The van der Waals surface area contributed by atoms with E-state index in [1.54, 1.807) is 7.11 Å². The molecule has 0 spiro atoms. The third kappa shape index (κ3) is 4.26. The van der Waals surface area contributed by atoms with E-state index in [1.165, 1.54) is 21.9 Å². The fourth-order valence-corrected chi connectivity index (χ4v) is 3.24. The Kier molecular flexibility index (Phi) is 5.43. The Bertz CT molecular complexity index is 1050. The first-order valence-electron chi connectivity index (χ1n) is 9.38. The first-order valence-corrected chi connectivity index (χ1v) is 9.38. The first kappa shape index (κ1) is 17.9. The van der Waals surface area contributed by atoms with Crippen LogP contribution in [0.25, 0.3) is 10.8 Å². The molecule has 0 unspecified atom stereocenters. The van der Waals surface area contributed by atoms with Gasteiger partial charge in [-0.1, -0.05) is 54.6 Å². The quantitative estimate of drug-likeness (QED) is 0.431. The van der Waals surface area contributed by atoms with E-state index in [1.807, 2.05) is 36.4 Å². The Morgan fingerprint density at radius 3 is 2.39 bits per heavy atom. The van der Waals surface area contributed by atoms with Crippen LogP contribution in [0.2, 0.25) is 0 Å². The van der Waals surface area contributed by atoms with Gasteiger partial charge >= 0.3 is 0 Å². The molecule has 0 bridgehead atoms. The summed E-state index contributed by atoms with van der Waals surface area (Å²) < 4.78 is 11.3. The molecule has 3 nitrogen and oxygen atoms in total. The summed E-state index contributed by atoms with van der Waals surface area (Å²) in [5.74, 6) is 1.73. The summed E-state index contributed by atoms with van der Waals surface area (Å²) in [7, 11) is 1.67. The van der Waals surface area contributed by atoms with Crippen LogP contribution in [0.4, 0.5) is 5.69 Å². The molecule has 0 aliphatic rings. The van der Waals surface area contributed by atoms with Crippen molar-refractivity contribution in [3.63, 3.8) is 0 Å². The molecule has 4 rings (SSSR count). The third-order valence-electron chi connectivity index (χ3n) is 4.76. The van der Waals surface area contributed by atoms with Gasteiger partial charge < -0.3 is 14.8 Å². The van der Waals surface area contributed by atoms with E-state index in [-0.39, 0.29) is 0 Å². The van der Waals surface area contributed by atoms with Crippen LogP contribution in [0.3, 0.4) is 0 Å². The lowest BCUT2D eigenvalue weighted by Gasteiger charge is -2.11. The van der Waals surface area contributed by atoms with Crippen LogP contribution < -0.4 is 14.8 Å². The Labute approximate surface area is 165 Å². The highest BCUT2D eigenvalue weighted by Gasteiger charge is 2.03. The number of benzene rings is 4. The molecular weight excluding hydrogens is 346 g/mol. The number of ether oxygens (including phenoxy) is 2. The van der Waals surface area contributed by atoms with Crippen molar-refractivity contribution in [3.8, 4) is 11.5 Å². The van der Waals surface area contributed by atoms with Crippen molar-refractivity contribution in [2.45, 2.75) is 13.2 Å². The van der Waals surface area contributed by atoms with Gasteiger partial charge in [0, 0.05) is 12.2 Å². The second-order valence-electron chi connectivity index (χ2n) is 6.66. The van der Waals surface area contributed by atoms with Crippen molar-refractivity contribution in [1.82, 2.24) is 0 Å². The van der Waals surface area contributed by atoms with Crippen LogP contribution in [-0.2, 0) is 13.2 Å². The number of rotatable bonds is 7. The van der Waals surface area contributed by atoms with Gasteiger partial charge in [-0.05, 0) is 58.3 Å². The van der Waals surface area contributed by atoms with Gasteiger partial charge in [-0.3, -0.25) is 0 Å². The first-order chi connectivity index (χ1) is 13.8. The average molecular weight is 369 g/mol. The fourth-order valence-electron chi connectivity index (χ4n) is 3.24. The zero-order chi connectivity index (χ0) is 19.2. The molecule has 0 radical (unpaired) electrons. The summed E-state index contributed by atoms with van der Waals surface area (Å²) in [6.07, 6.45) is 0. The Hall–Kier alpha value is -3.46. The zero-order valence-electron chi connectivity index (χ0n) is 15.9. The van der Waals surface area contributed by atoms with Gasteiger partial charge in [-0.15, -0.1) is 0 Å². The van der Waals surface area contributed by atoms with E-state index >= 15 is 0 Å². The van der Waals surface area contributed by atoms with Crippen molar-refractivity contribution < 1.29 is 9.47 Å². The van der Waals surface area contributed by atoms with Gasteiger partial charge in [0.2, 0.25) is 0 Å². The average Bonchev–Trinajstić information content (AvgIpc) is 2.77. The van der Waals surface area contributed by atoms with Crippen LogP contribution in [0.15, 0.2) is 91.0 Å². The van der Waals surface area contributed by atoms with Crippen molar-refractivity contribution in [2.24, 2.45) is 0 Å². The van der Waals surface area contributed by atoms with E-state index in [0.717, 1.165) is 23.7 Å². The van der Waals surface area contributed by atoms with E-state index < -0.39 is 0 Å². The van der Waals surface area contributed by atoms with Gasteiger partial charge in [0.15, 0.2) is 0 Å². The van der Waals surface area contributed by atoms with Gasteiger partial charge in [0.05, 0.1) is 7.11 Å². The summed E-state index contributed by atoms with van der Waals surface area (Å²) in [6, 6.07) is 30.9. The minimum atomic E-state index is 0.552. The summed E-state index contributed by atoms with van der Waals surface area (Å²) in [4.78, 5) is 0. The molecule has 0 aromatic heterocycles. The minimum Gasteiger partial charge on any atom is -0.497 e. The molecule has 140 valence electrons. The molecule has 0 aliphatic heterocycles. The van der Waals surface area contributed by atoms with Crippen molar-refractivity contribution in [2.75, 3.05) is 12.4 Å². The lowest BCUT2D eigenvalue weighted by molar-refractivity contribution is 0.307. The summed E-state index contributed by atoms with van der Waals surface area (Å²) in [5.41, 5.74) is 3.42. The minimum absolute atomic E-state index is 0.552. The van der Waals surface area contributed by atoms with Gasteiger partial charge in [-0.2, -0.15) is 0 Å². The van der Waals surface area contributed by atoms with E-state index in [9.17, 15) is 0 Å². The number of anilines is 1. The summed E-state index contributed by atoms with van der Waals surface area (Å²) in [6.45, 7) is 1.29. The fraction of sp³-hybridized carbons (Fsp3) is 0.120. The largest absolute Gasteiger partial charge is 0.497 e. The topological polar surface area (TPSA) is 30.5 Å². The number of hydrogen-bond acceptors (Lipinski definition) is 3. The van der Waals surface area contributed by atoms with E-state index in [4.69, 9.17) is 9.47 Å². The number of hydrogen-bond donors (Lipinski definition) is 1. The van der Waals surface area contributed by atoms with Crippen LogP contribution in [0.5, 0.6) is 11.5 Å². The molecule has 0 amide bonds. The lowest BCUT2D eigenvalue weighted by atomic mass is 10.1. The molecule has 0 saturated heterocycles. The number of methoxy groups -OCH3 is 1. The predicted octanol–water partition coefficient (Wildman–Crippen LogP) is 6.04. The molecule has 0 fully saturated rings. The van der Waals surface area contributed by atoms with Gasteiger partial charge in [-0.25, -0.2) is 0 Å². The molecule has 28 heavy (non-hydrogen) atoms. The van der Waals surface area contributed by atoms with E-state index in [2.05, 4.69) is 59.9 Å². The van der Waals surface area contributed by atoms with Crippen LogP contribution in [-0.4, -0.2) is 7.11 Å². The smallest absolute Gasteiger partial charge is 0.120 e. The molecule has 0 heterocycles. The molecule has 4 aromatic rings. The third-order valence-corrected chi connectivity index (χ3v) is 4.76.